The van der Waals surface area contributed by atoms with Crippen molar-refractivity contribution in [1.82, 2.24) is 14.6 Å². The molecular formula is C23H31N3O5S. The van der Waals surface area contributed by atoms with Crippen LogP contribution in [0.5, 0.6) is 0 Å². The minimum atomic E-state index is -3.33. The fourth-order valence-electron chi connectivity index (χ4n) is 3.50. The minimum absolute atomic E-state index is 0.0994. The highest BCUT2D eigenvalue weighted by molar-refractivity contribution is 7.88. The zero-order chi connectivity index (χ0) is 23.9. The molecule has 1 heterocycles. The smallest absolute Gasteiger partial charge is 0.340 e. The van der Waals surface area contributed by atoms with Gasteiger partial charge in [-0.25, -0.2) is 17.9 Å². The van der Waals surface area contributed by atoms with Gasteiger partial charge in [-0.15, -0.1) is 0 Å². The van der Waals surface area contributed by atoms with Gasteiger partial charge in [-0.3, -0.25) is 4.79 Å². The summed E-state index contributed by atoms with van der Waals surface area (Å²) in [5.74, 6) is -0.804. The van der Waals surface area contributed by atoms with Gasteiger partial charge in [-0.1, -0.05) is 24.3 Å². The molecule has 0 saturated heterocycles. The van der Waals surface area contributed by atoms with Crippen molar-refractivity contribution >= 4 is 28.0 Å². The number of hydrogen-bond acceptors (Lipinski definition) is 5. The van der Waals surface area contributed by atoms with Crippen molar-refractivity contribution in [2.24, 2.45) is 0 Å². The van der Waals surface area contributed by atoms with Gasteiger partial charge in [-0.05, 0) is 51.9 Å². The monoisotopic (exact) mass is 461 g/mol. The van der Waals surface area contributed by atoms with E-state index >= 15 is 0 Å². The Morgan fingerprint density at radius 2 is 1.69 bits per heavy atom. The van der Waals surface area contributed by atoms with E-state index in [9.17, 15) is 18.0 Å². The average Bonchev–Trinajstić information content (AvgIpc) is 3.00. The molecule has 2 rings (SSSR count). The molecular weight excluding hydrogens is 430 g/mol. The molecule has 2 N–H and O–H groups in total. The van der Waals surface area contributed by atoms with E-state index in [4.69, 9.17) is 4.74 Å². The summed E-state index contributed by atoms with van der Waals surface area (Å²) >= 11 is 0. The maximum absolute atomic E-state index is 12.4. The number of ether oxygens (including phenoxy) is 1. The molecule has 0 aliphatic rings. The van der Waals surface area contributed by atoms with Crippen LogP contribution >= 0.6 is 0 Å². The van der Waals surface area contributed by atoms with E-state index in [2.05, 4.69) is 10.0 Å². The normalized spacial score (nSPS) is 11.7. The number of benzene rings is 1. The summed E-state index contributed by atoms with van der Waals surface area (Å²) in [6, 6.07) is 6.99. The second kappa shape index (κ2) is 11.1. The van der Waals surface area contributed by atoms with E-state index in [-0.39, 0.29) is 18.3 Å². The molecule has 174 valence electrons. The second-order valence-corrected chi connectivity index (χ2v) is 9.18. The third-order valence-electron chi connectivity index (χ3n) is 5.19. The highest BCUT2D eigenvalue weighted by Gasteiger charge is 2.22. The molecule has 0 aliphatic heterocycles. The zero-order valence-corrected chi connectivity index (χ0v) is 20.0. The Labute approximate surface area is 189 Å². The Morgan fingerprint density at radius 1 is 1.06 bits per heavy atom. The van der Waals surface area contributed by atoms with Crippen molar-refractivity contribution in [2.45, 2.75) is 46.5 Å². The molecule has 0 radical (unpaired) electrons. The number of rotatable bonds is 10. The quantitative estimate of drug-likeness (QED) is 0.418. The van der Waals surface area contributed by atoms with E-state index in [1.807, 2.05) is 25.3 Å². The van der Waals surface area contributed by atoms with Gasteiger partial charge in [0.25, 0.3) is 0 Å². The average molecular weight is 462 g/mol. The Kier molecular flexibility index (Phi) is 8.80. The van der Waals surface area contributed by atoms with Crippen molar-refractivity contribution in [3.05, 3.63) is 64.0 Å². The van der Waals surface area contributed by atoms with Crippen LogP contribution in [0.2, 0.25) is 0 Å². The lowest BCUT2D eigenvalue weighted by atomic mass is 10.1. The fourth-order valence-corrected chi connectivity index (χ4v) is 4.27. The maximum Gasteiger partial charge on any atom is 0.340 e. The molecule has 0 spiro atoms. The summed E-state index contributed by atoms with van der Waals surface area (Å²) in [7, 11) is -1.95. The maximum atomic E-state index is 12.4. The third-order valence-corrected chi connectivity index (χ3v) is 6.52. The van der Waals surface area contributed by atoms with Crippen LogP contribution in [-0.2, 0) is 38.4 Å². The van der Waals surface area contributed by atoms with Crippen LogP contribution in [-0.4, -0.2) is 38.5 Å². The third kappa shape index (κ3) is 6.30. The van der Waals surface area contributed by atoms with Gasteiger partial charge < -0.3 is 14.6 Å². The van der Waals surface area contributed by atoms with E-state index in [0.29, 0.717) is 29.8 Å². The molecule has 0 aliphatic carbocycles. The molecule has 8 nitrogen and oxygen atoms in total. The van der Waals surface area contributed by atoms with Crippen LogP contribution in [0.4, 0.5) is 0 Å². The van der Waals surface area contributed by atoms with Gasteiger partial charge in [0.15, 0.2) is 0 Å². The minimum Gasteiger partial charge on any atom is -0.462 e. The van der Waals surface area contributed by atoms with Gasteiger partial charge >= 0.3 is 5.97 Å². The summed E-state index contributed by atoms with van der Waals surface area (Å²) in [5, 5.41) is 2.80. The van der Waals surface area contributed by atoms with Gasteiger partial charge in [-0.2, -0.15) is 0 Å². The SMILES string of the molecule is CCOC(=O)c1c(/C=C/C(=O)NCc2ccc(CS(=O)(=O)NC)cc2)c(C)n(CC)c1C. The zero-order valence-electron chi connectivity index (χ0n) is 19.2. The lowest BCUT2D eigenvalue weighted by Crippen LogP contribution is -2.21. The number of nitrogens with one attached hydrogen (secondary N) is 2. The molecule has 0 unspecified atom stereocenters. The first-order valence-electron chi connectivity index (χ1n) is 10.4. The van der Waals surface area contributed by atoms with Crippen LogP contribution in [0.15, 0.2) is 30.3 Å². The summed E-state index contributed by atoms with van der Waals surface area (Å²) < 4.78 is 32.7. The van der Waals surface area contributed by atoms with E-state index < -0.39 is 16.0 Å². The first-order valence-corrected chi connectivity index (χ1v) is 12.1. The van der Waals surface area contributed by atoms with Crippen LogP contribution in [0.3, 0.4) is 0 Å². The summed E-state index contributed by atoms with van der Waals surface area (Å²) in [6.45, 7) is 8.80. The molecule has 1 aromatic carbocycles. The second-order valence-electron chi connectivity index (χ2n) is 7.26. The highest BCUT2D eigenvalue weighted by atomic mass is 32.2. The number of sulfonamides is 1. The number of carbonyl (C=O) groups is 2. The number of nitrogens with zero attached hydrogens (tertiary/aromatic N) is 1. The van der Waals surface area contributed by atoms with Crippen LogP contribution < -0.4 is 10.0 Å². The lowest BCUT2D eigenvalue weighted by molar-refractivity contribution is -0.116. The van der Waals surface area contributed by atoms with Crippen LogP contribution in [0, 0.1) is 13.8 Å². The molecule has 0 bridgehead atoms. The fraction of sp³-hybridized carbons (Fsp3) is 0.391. The number of hydrogen-bond donors (Lipinski definition) is 2. The van der Waals surface area contributed by atoms with Gasteiger partial charge in [0, 0.05) is 36.1 Å². The molecule has 1 aromatic heterocycles. The number of aromatic nitrogens is 1. The lowest BCUT2D eigenvalue weighted by Gasteiger charge is -2.06. The Hall–Kier alpha value is -2.91. The predicted octanol–water partition coefficient (Wildman–Crippen LogP) is 2.68. The van der Waals surface area contributed by atoms with E-state index in [1.165, 1.54) is 13.1 Å². The van der Waals surface area contributed by atoms with Crippen molar-refractivity contribution < 1.29 is 22.7 Å². The van der Waals surface area contributed by atoms with Gasteiger partial charge in [0.2, 0.25) is 15.9 Å². The number of esters is 1. The van der Waals surface area contributed by atoms with Gasteiger partial charge in [0.05, 0.1) is 17.9 Å². The number of carbonyl (C=O) groups excluding carboxylic acids is 2. The highest BCUT2D eigenvalue weighted by Crippen LogP contribution is 2.25. The summed E-state index contributed by atoms with van der Waals surface area (Å²) in [6.07, 6.45) is 3.04. The molecule has 32 heavy (non-hydrogen) atoms. The molecule has 0 atom stereocenters. The Balaban J connectivity index is 2.09. The molecule has 0 fully saturated rings. The standard InChI is InChI=1S/C23H31N3O5S/c1-6-26-16(3)20(22(17(26)4)23(28)31-7-2)12-13-21(27)25-14-18-8-10-19(11-9-18)15-32(29,30)24-5/h8-13,24H,6-7,14-15H2,1-5H3,(H,25,27)/b13-12+. The van der Waals surface area contributed by atoms with Crippen molar-refractivity contribution in [1.29, 1.82) is 0 Å². The first kappa shape index (κ1) is 25.4. The van der Waals surface area contributed by atoms with Crippen molar-refractivity contribution in [2.75, 3.05) is 13.7 Å². The predicted molar refractivity (Wildman–Crippen MR) is 125 cm³/mol. The van der Waals surface area contributed by atoms with Gasteiger partial charge in [0.1, 0.15) is 0 Å². The largest absolute Gasteiger partial charge is 0.462 e. The Bertz CT molecular complexity index is 1100. The van der Waals surface area contributed by atoms with E-state index in [0.717, 1.165) is 17.0 Å². The molecule has 9 heteroatoms. The Morgan fingerprint density at radius 3 is 2.25 bits per heavy atom. The topological polar surface area (TPSA) is 106 Å². The van der Waals surface area contributed by atoms with Crippen molar-refractivity contribution in [3.8, 4) is 0 Å². The van der Waals surface area contributed by atoms with Crippen LogP contribution in [0.25, 0.3) is 6.08 Å². The summed E-state index contributed by atoms with van der Waals surface area (Å²) in [5.41, 5.74) is 4.35. The summed E-state index contributed by atoms with van der Waals surface area (Å²) in [4.78, 5) is 24.8. The first-order chi connectivity index (χ1) is 15.1. The van der Waals surface area contributed by atoms with Crippen LogP contribution in [0.1, 0.15) is 52.3 Å². The molecule has 0 saturated carbocycles. The molecule has 1 amide bonds. The molecule has 2 aromatic rings. The van der Waals surface area contributed by atoms with E-state index in [1.54, 1.807) is 37.3 Å². The number of amides is 1. The van der Waals surface area contributed by atoms with Crippen molar-refractivity contribution in [3.63, 3.8) is 0 Å².